The molecule has 2 amide bonds. The zero-order chi connectivity index (χ0) is 31.1. The molecule has 0 spiro atoms. The Morgan fingerprint density at radius 1 is 1.02 bits per heavy atom. The van der Waals surface area contributed by atoms with Crippen LogP contribution in [-0.2, 0) is 9.53 Å². The van der Waals surface area contributed by atoms with Crippen molar-refractivity contribution in [2.45, 2.75) is 57.7 Å². The molecule has 6 heterocycles. The molecule has 2 fully saturated rings. The maximum Gasteiger partial charge on any atom is 0.407 e. The van der Waals surface area contributed by atoms with Crippen molar-refractivity contribution >= 4 is 33.6 Å². The number of benzene rings is 1. The smallest absolute Gasteiger partial charge is 0.407 e. The van der Waals surface area contributed by atoms with Gasteiger partial charge in [-0.2, -0.15) is 0 Å². The van der Waals surface area contributed by atoms with E-state index >= 15 is 0 Å². The van der Waals surface area contributed by atoms with Gasteiger partial charge in [0.25, 0.3) is 0 Å². The fourth-order valence-corrected chi connectivity index (χ4v) is 7.31. The predicted octanol–water partition coefficient (Wildman–Crippen LogP) is 6.41. The minimum absolute atomic E-state index is 0.0842. The Kier molecular flexibility index (Phi) is 7.92. The number of hydrogen-bond donors (Lipinski definition) is 4. The quantitative estimate of drug-likeness (QED) is 0.156. The number of fused-ring (bicyclic) bond motifs is 1. The number of H-pyrrole nitrogens is 2. The summed E-state index contributed by atoms with van der Waals surface area (Å²) in [6.45, 7) is 5.47. The van der Waals surface area contributed by atoms with Gasteiger partial charge < -0.3 is 34.7 Å². The van der Waals surface area contributed by atoms with E-state index in [9.17, 15) is 9.59 Å². The Labute approximate surface area is 264 Å². The Hall–Kier alpha value is -4.42. The number of hydrogen-bond acceptors (Lipinski definition) is 8. The standard InChI is InChI=1S/C33H37N7O4S/c1-18(2)29(39-33(42)43-3)32(41)40-13-5-7-24(40)31-36-16-22(37-31)19-8-10-20(11-9-19)25-14-28-26(44-25)15-27(45-28)23-17-35-30(38-23)21-6-4-12-34-21/h8-11,14-18,21,24,29,34H,4-7,12-13H2,1-3H3,(H,35,38)(H,36,37)(H,39,42). The predicted molar refractivity (Wildman–Crippen MR) is 173 cm³/mol. The molecule has 1 aromatic carbocycles. The average Bonchev–Trinajstić information content (AvgIpc) is 3.86. The number of nitrogens with one attached hydrogen (secondary N) is 4. The molecule has 2 aliphatic heterocycles. The van der Waals surface area contributed by atoms with Crippen LogP contribution in [0.2, 0.25) is 0 Å². The number of carbonyl (C=O) groups excluding carboxylic acids is 2. The van der Waals surface area contributed by atoms with E-state index in [0.29, 0.717) is 12.6 Å². The second kappa shape index (κ2) is 12.2. The summed E-state index contributed by atoms with van der Waals surface area (Å²) in [7, 11) is 1.30. The van der Waals surface area contributed by atoms with Crippen LogP contribution in [0.4, 0.5) is 4.79 Å². The molecule has 45 heavy (non-hydrogen) atoms. The van der Waals surface area contributed by atoms with Gasteiger partial charge in [0.05, 0.1) is 52.6 Å². The van der Waals surface area contributed by atoms with Gasteiger partial charge in [-0.1, -0.05) is 38.1 Å². The molecule has 3 atom stereocenters. The first-order valence-electron chi connectivity index (χ1n) is 15.5. The van der Waals surface area contributed by atoms with Crippen LogP contribution in [0.1, 0.15) is 63.3 Å². The number of likely N-dealkylation sites (tertiary alicyclic amines) is 1. The molecule has 11 nitrogen and oxygen atoms in total. The van der Waals surface area contributed by atoms with E-state index in [-0.39, 0.29) is 17.9 Å². The number of amides is 2. The van der Waals surface area contributed by atoms with Crippen molar-refractivity contribution in [1.82, 2.24) is 35.5 Å². The third-order valence-electron chi connectivity index (χ3n) is 8.78. The summed E-state index contributed by atoms with van der Waals surface area (Å²) in [6.07, 6.45) is 7.07. The highest BCUT2D eigenvalue weighted by molar-refractivity contribution is 7.22. The van der Waals surface area contributed by atoms with E-state index in [0.717, 1.165) is 80.9 Å². The summed E-state index contributed by atoms with van der Waals surface area (Å²) >= 11 is 1.69. The maximum absolute atomic E-state index is 13.5. The highest BCUT2D eigenvalue weighted by Gasteiger charge is 2.37. The lowest BCUT2D eigenvalue weighted by Crippen LogP contribution is -2.51. The molecule has 0 bridgehead atoms. The number of imidazole rings is 2. The fraction of sp³-hybridized carbons (Fsp3) is 0.394. The summed E-state index contributed by atoms with van der Waals surface area (Å²) < 4.78 is 12.1. The molecule has 2 aliphatic rings. The fourth-order valence-electron chi connectivity index (χ4n) is 6.33. The van der Waals surface area contributed by atoms with Crippen LogP contribution >= 0.6 is 11.3 Å². The van der Waals surface area contributed by atoms with Crippen molar-refractivity contribution in [1.29, 1.82) is 0 Å². The van der Waals surface area contributed by atoms with Gasteiger partial charge in [0, 0.05) is 24.2 Å². The number of rotatable bonds is 8. The van der Waals surface area contributed by atoms with Crippen molar-refractivity contribution in [3.05, 3.63) is 60.4 Å². The summed E-state index contributed by atoms with van der Waals surface area (Å²) in [4.78, 5) is 44.5. The molecule has 3 unspecified atom stereocenters. The van der Waals surface area contributed by atoms with E-state index in [1.807, 2.05) is 55.4 Å². The number of aromatic nitrogens is 4. The zero-order valence-corrected chi connectivity index (χ0v) is 26.4. The monoisotopic (exact) mass is 627 g/mol. The summed E-state index contributed by atoms with van der Waals surface area (Å²) in [6, 6.07) is 11.8. The first-order chi connectivity index (χ1) is 21.9. The van der Waals surface area contributed by atoms with Gasteiger partial charge in [0.2, 0.25) is 5.91 Å². The zero-order valence-electron chi connectivity index (χ0n) is 25.6. The third kappa shape index (κ3) is 5.75. The van der Waals surface area contributed by atoms with Gasteiger partial charge in [-0.3, -0.25) is 4.79 Å². The molecule has 2 saturated heterocycles. The summed E-state index contributed by atoms with van der Waals surface area (Å²) in [5.41, 5.74) is 4.73. The lowest BCUT2D eigenvalue weighted by Gasteiger charge is -2.30. The number of carbonyl (C=O) groups is 2. The molecule has 4 N–H and O–H groups in total. The summed E-state index contributed by atoms with van der Waals surface area (Å²) in [5, 5.41) is 6.18. The van der Waals surface area contributed by atoms with Crippen LogP contribution in [0.25, 0.3) is 43.4 Å². The Morgan fingerprint density at radius 3 is 2.51 bits per heavy atom. The van der Waals surface area contributed by atoms with Gasteiger partial charge in [-0.15, -0.1) is 11.3 Å². The van der Waals surface area contributed by atoms with Gasteiger partial charge in [0.15, 0.2) is 0 Å². The van der Waals surface area contributed by atoms with Crippen LogP contribution in [0.15, 0.2) is 53.2 Å². The van der Waals surface area contributed by atoms with Crippen LogP contribution < -0.4 is 10.6 Å². The van der Waals surface area contributed by atoms with E-state index < -0.39 is 12.1 Å². The normalized spacial score (nSPS) is 19.1. The number of alkyl carbamates (subject to hydrolysis) is 1. The number of ether oxygens (including phenoxy) is 1. The number of aromatic amines is 2. The van der Waals surface area contributed by atoms with Gasteiger partial charge in [-0.25, -0.2) is 14.8 Å². The second-order valence-electron chi connectivity index (χ2n) is 12.1. The Bertz CT molecular complexity index is 1780. The molecule has 5 aromatic rings. The van der Waals surface area contributed by atoms with Crippen LogP contribution in [-0.4, -0.2) is 63.1 Å². The largest absolute Gasteiger partial charge is 0.455 e. The molecule has 0 radical (unpaired) electrons. The first-order valence-corrected chi connectivity index (χ1v) is 16.3. The number of methoxy groups -OCH3 is 1. The second-order valence-corrected chi connectivity index (χ2v) is 13.2. The highest BCUT2D eigenvalue weighted by Crippen LogP contribution is 2.39. The molecule has 0 aliphatic carbocycles. The summed E-state index contributed by atoms with van der Waals surface area (Å²) in [5.74, 6) is 2.35. The van der Waals surface area contributed by atoms with Crippen LogP contribution in [0.5, 0.6) is 0 Å². The number of thiophene rings is 1. The average molecular weight is 628 g/mol. The Balaban J connectivity index is 1.04. The van der Waals surface area contributed by atoms with Crippen LogP contribution in [0, 0.1) is 5.92 Å². The molecular weight excluding hydrogens is 590 g/mol. The molecular formula is C33H37N7O4S. The minimum atomic E-state index is -0.666. The van der Waals surface area contributed by atoms with Gasteiger partial charge in [0.1, 0.15) is 29.0 Å². The van der Waals surface area contributed by atoms with Crippen molar-refractivity contribution in [2.24, 2.45) is 5.92 Å². The van der Waals surface area contributed by atoms with E-state index in [1.165, 1.54) is 13.5 Å². The van der Waals surface area contributed by atoms with Gasteiger partial charge in [-0.05, 0) is 43.7 Å². The van der Waals surface area contributed by atoms with Crippen LogP contribution in [0.3, 0.4) is 0 Å². The van der Waals surface area contributed by atoms with E-state index in [4.69, 9.17) is 9.15 Å². The highest BCUT2D eigenvalue weighted by atomic mass is 32.1. The number of furan rings is 1. The third-order valence-corrected chi connectivity index (χ3v) is 9.87. The lowest BCUT2D eigenvalue weighted by atomic mass is 10.0. The molecule has 0 saturated carbocycles. The minimum Gasteiger partial charge on any atom is -0.455 e. The maximum atomic E-state index is 13.5. The lowest BCUT2D eigenvalue weighted by molar-refractivity contribution is -0.135. The molecule has 234 valence electrons. The van der Waals surface area contributed by atoms with Crippen molar-refractivity contribution in [3.8, 4) is 33.2 Å². The number of nitrogens with zero attached hydrogens (tertiary/aromatic N) is 3. The van der Waals surface area contributed by atoms with E-state index in [2.05, 4.69) is 42.7 Å². The molecule has 4 aromatic heterocycles. The Morgan fingerprint density at radius 2 is 1.78 bits per heavy atom. The topological polar surface area (TPSA) is 141 Å². The SMILES string of the molecule is COC(=O)NC(C(=O)N1CCCC1c1ncc(-c2ccc(-c3cc4sc(-c5cnc(C6CCCN6)[nH]5)cc4o3)cc2)[nH]1)C(C)C. The first kappa shape index (κ1) is 29.3. The molecule has 12 heteroatoms. The molecule has 7 rings (SSSR count). The van der Waals surface area contributed by atoms with Crippen molar-refractivity contribution in [2.75, 3.05) is 20.2 Å². The van der Waals surface area contributed by atoms with Crippen molar-refractivity contribution in [3.63, 3.8) is 0 Å². The van der Waals surface area contributed by atoms with Crippen molar-refractivity contribution < 1.29 is 18.7 Å². The van der Waals surface area contributed by atoms with E-state index in [1.54, 1.807) is 11.3 Å². The van der Waals surface area contributed by atoms with Gasteiger partial charge >= 0.3 is 6.09 Å².